The Bertz CT molecular complexity index is 726. The van der Waals surface area contributed by atoms with E-state index in [1.165, 1.54) is 96.3 Å². The largest absolute Gasteiger partial charge is 0.462 e. The van der Waals surface area contributed by atoms with Crippen LogP contribution >= 0.6 is 0 Å². The summed E-state index contributed by atoms with van der Waals surface area (Å²) in [5, 5.41) is 9.53. The lowest BCUT2D eigenvalue weighted by atomic mass is 10.1. The Morgan fingerprint density at radius 3 is 1.42 bits per heavy atom. The maximum Gasteiger partial charge on any atom is 0.306 e. The van der Waals surface area contributed by atoms with Crippen molar-refractivity contribution in [3.05, 3.63) is 36.5 Å². The number of carbonyl (C=O) groups is 2. The van der Waals surface area contributed by atoms with Crippen LogP contribution in [0.15, 0.2) is 36.5 Å². The average molecular weight is 633 g/mol. The Balaban J connectivity index is 3.57. The molecule has 0 bridgehead atoms. The summed E-state index contributed by atoms with van der Waals surface area (Å²) in [6.07, 6.45) is 43.4. The Kier molecular flexibility index (Phi) is 35.1. The van der Waals surface area contributed by atoms with Gasteiger partial charge in [0.15, 0.2) is 6.10 Å². The van der Waals surface area contributed by atoms with Crippen LogP contribution in [0.4, 0.5) is 0 Å². The average Bonchev–Trinajstić information content (AvgIpc) is 3.04. The second-order valence-corrected chi connectivity index (χ2v) is 12.6. The zero-order valence-electron chi connectivity index (χ0n) is 29.6. The first-order chi connectivity index (χ1) is 22.1. The highest BCUT2D eigenvalue weighted by Crippen LogP contribution is 2.13. The molecule has 45 heavy (non-hydrogen) atoms. The van der Waals surface area contributed by atoms with E-state index in [4.69, 9.17) is 9.47 Å². The minimum Gasteiger partial charge on any atom is -0.462 e. The monoisotopic (exact) mass is 633 g/mol. The van der Waals surface area contributed by atoms with Gasteiger partial charge in [0.25, 0.3) is 0 Å². The van der Waals surface area contributed by atoms with Crippen molar-refractivity contribution in [3.63, 3.8) is 0 Å². The maximum atomic E-state index is 12.1. The number of hydrogen-bond acceptors (Lipinski definition) is 5. The van der Waals surface area contributed by atoms with Gasteiger partial charge < -0.3 is 14.6 Å². The molecule has 0 fully saturated rings. The third-order valence-corrected chi connectivity index (χ3v) is 8.14. The number of aliphatic hydroxyl groups excluding tert-OH is 1. The fourth-order valence-corrected chi connectivity index (χ4v) is 5.23. The summed E-state index contributed by atoms with van der Waals surface area (Å²) in [6.45, 7) is 4.05. The fraction of sp³-hybridized carbons (Fsp3) is 0.800. The molecule has 0 aromatic rings. The van der Waals surface area contributed by atoms with Crippen LogP contribution in [-0.4, -0.2) is 36.4 Å². The highest BCUT2D eigenvalue weighted by atomic mass is 16.6. The number of carbonyl (C=O) groups excluding carboxylic acids is 2. The first kappa shape index (κ1) is 43.1. The third kappa shape index (κ3) is 34.8. The molecule has 0 aliphatic carbocycles. The lowest BCUT2D eigenvalue weighted by Gasteiger charge is -2.15. The van der Waals surface area contributed by atoms with Gasteiger partial charge >= 0.3 is 11.9 Å². The van der Waals surface area contributed by atoms with E-state index in [1.54, 1.807) is 0 Å². The molecule has 1 N–H and O–H groups in total. The third-order valence-electron chi connectivity index (χ3n) is 8.14. The SMILES string of the molecule is CCC/C=C\C/C=C\CCCCCCCC(=O)OC(CO)COC(=O)CCCCCCCCC/C=C\CCCCCCCCC. The molecule has 0 amide bonds. The Hall–Kier alpha value is -1.88. The topological polar surface area (TPSA) is 72.8 Å². The van der Waals surface area contributed by atoms with Crippen LogP contribution in [0, 0.1) is 0 Å². The predicted molar refractivity (Wildman–Crippen MR) is 191 cm³/mol. The number of ether oxygens (including phenoxy) is 2. The Morgan fingerprint density at radius 2 is 0.933 bits per heavy atom. The molecule has 0 spiro atoms. The van der Waals surface area contributed by atoms with Gasteiger partial charge in [0.2, 0.25) is 0 Å². The van der Waals surface area contributed by atoms with Crippen LogP contribution in [0.5, 0.6) is 0 Å². The van der Waals surface area contributed by atoms with Crippen molar-refractivity contribution in [2.75, 3.05) is 13.2 Å². The second-order valence-electron chi connectivity index (χ2n) is 12.6. The Morgan fingerprint density at radius 1 is 0.511 bits per heavy atom. The minimum atomic E-state index is -0.778. The van der Waals surface area contributed by atoms with Gasteiger partial charge in [0, 0.05) is 12.8 Å². The molecule has 0 aromatic carbocycles. The lowest BCUT2D eigenvalue weighted by Crippen LogP contribution is -2.28. The molecule has 0 saturated carbocycles. The van der Waals surface area contributed by atoms with Gasteiger partial charge in [-0.1, -0.05) is 147 Å². The van der Waals surface area contributed by atoms with Gasteiger partial charge in [0.05, 0.1) is 6.61 Å². The summed E-state index contributed by atoms with van der Waals surface area (Å²) < 4.78 is 10.6. The minimum absolute atomic E-state index is 0.0729. The molecular weight excluding hydrogens is 560 g/mol. The molecule has 5 heteroatoms. The summed E-state index contributed by atoms with van der Waals surface area (Å²) in [5.74, 6) is -0.612. The van der Waals surface area contributed by atoms with Gasteiger partial charge in [-0.15, -0.1) is 0 Å². The normalized spacial score (nSPS) is 12.5. The molecule has 262 valence electrons. The summed E-state index contributed by atoms with van der Waals surface area (Å²) in [6, 6.07) is 0. The van der Waals surface area contributed by atoms with Crippen molar-refractivity contribution in [2.24, 2.45) is 0 Å². The zero-order chi connectivity index (χ0) is 32.9. The van der Waals surface area contributed by atoms with E-state index in [0.29, 0.717) is 12.8 Å². The molecule has 0 radical (unpaired) electrons. The van der Waals surface area contributed by atoms with Crippen LogP contribution in [0.25, 0.3) is 0 Å². The summed E-state index contributed by atoms with van der Waals surface area (Å²) in [7, 11) is 0. The zero-order valence-corrected chi connectivity index (χ0v) is 29.6. The van der Waals surface area contributed by atoms with Gasteiger partial charge in [-0.05, 0) is 64.2 Å². The van der Waals surface area contributed by atoms with Crippen molar-refractivity contribution in [1.82, 2.24) is 0 Å². The van der Waals surface area contributed by atoms with E-state index < -0.39 is 6.10 Å². The van der Waals surface area contributed by atoms with Crippen molar-refractivity contribution >= 4 is 11.9 Å². The van der Waals surface area contributed by atoms with E-state index in [2.05, 4.69) is 50.3 Å². The van der Waals surface area contributed by atoms with Gasteiger partial charge in [-0.2, -0.15) is 0 Å². The molecule has 5 nitrogen and oxygen atoms in total. The standard InChI is InChI=1S/C40H72O5/c1-3-5-7-9-11-13-15-17-18-19-20-21-23-24-26-28-30-32-34-39(42)44-37-38(36-41)45-40(43)35-33-31-29-27-25-22-16-14-12-10-8-6-4-2/h8,10,14,16,18-19,38,41H,3-7,9,11-13,15,17,20-37H2,1-2H3/b10-8-,16-14-,19-18-. The first-order valence-corrected chi connectivity index (χ1v) is 19.0. The van der Waals surface area contributed by atoms with E-state index in [1.807, 2.05) is 0 Å². The molecule has 1 atom stereocenters. The summed E-state index contributed by atoms with van der Waals surface area (Å²) in [5.41, 5.74) is 0. The van der Waals surface area contributed by atoms with Crippen LogP contribution in [0.3, 0.4) is 0 Å². The molecule has 0 aliphatic rings. The summed E-state index contributed by atoms with van der Waals surface area (Å²) in [4.78, 5) is 24.2. The van der Waals surface area contributed by atoms with E-state index in [9.17, 15) is 14.7 Å². The van der Waals surface area contributed by atoms with Gasteiger partial charge in [0.1, 0.15) is 6.61 Å². The lowest BCUT2D eigenvalue weighted by molar-refractivity contribution is -0.161. The molecular formula is C40H72O5. The number of rotatable bonds is 34. The maximum absolute atomic E-state index is 12.1. The predicted octanol–water partition coefficient (Wildman–Crippen LogP) is 11.7. The van der Waals surface area contributed by atoms with Gasteiger partial charge in [-0.25, -0.2) is 0 Å². The number of allylic oxidation sites excluding steroid dienone is 6. The summed E-state index contributed by atoms with van der Waals surface area (Å²) >= 11 is 0. The number of aliphatic hydroxyl groups is 1. The fourth-order valence-electron chi connectivity index (χ4n) is 5.23. The van der Waals surface area contributed by atoms with Crippen LogP contribution in [0.2, 0.25) is 0 Å². The molecule has 0 saturated heterocycles. The highest BCUT2D eigenvalue weighted by Gasteiger charge is 2.16. The number of hydrogen-bond donors (Lipinski definition) is 1. The molecule has 0 heterocycles. The van der Waals surface area contributed by atoms with Gasteiger partial charge in [-0.3, -0.25) is 9.59 Å². The second kappa shape index (κ2) is 36.6. The molecule has 1 unspecified atom stereocenters. The Labute approximate surface area is 278 Å². The quantitative estimate of drug-likeness (QED) is 0.0434. The first-order valence-electron chi connectivity index (χ1n) is 19.0. The van der Waals surface area contributed by atoms with Crippen LogP contribution in [-0.2, 0) is 19.1 Å². The van der Waals surface area contributed by atoms with E-state index >= 15 is 0 Å². The number of unbranched alkanes of at least 4 members (excludes halogenated alkanes) is 20. The highest BCUT2D eigenvalue weighted by molar-refractivity contribution is 5.70. The van der Waals surface area contributed by atoms with Crippen molar-refractivity contribution in [2.45, 2.75) is 193 Å². The molecule has 0 aromatic heterocycles. The number of esters is 2. The van der Waals surface area contributed by atoms with Crippen LogP contribution < -0.4 is 0 Å². The van der Waals surface area contributed by atoms with Crippen molar-refractivity contribution in [3.8, 4) is 0 Å². The molecule has 0 aliphatic heterocycles. The van der Waals surface area contributed by atoms with Crippen molar-refractivity contribution in [1.29, 1.82) is 0 Å². The smallest absolute Gasteiger partial charge is 0.306 e. The van der Waals surface area contributed by atoms with E-state index in [0.717, 1.165) is 64.2 Å². The van der Waals surface area contributed by atoms with E-state index in [-0.39, 0.29) is 25.2 Å². The molecule has 0 rings (SSSR count). The van der Waals surface area contributed by atoms with Crippen LogP contribution in [0.1, 0.15) is 187 Å². The van der Waals surface area contributed by atoms with Crippen molar-refractivity contribution < 1.29 is 24.2 Å².